The second kappa shape index (κ2) is 5.17. The van der Waals surface area contributed by atoms with Crippen LogP contribution in [0.25, 0.3) is 0 Å². The maximum Gasteiger partial charge on any atom is 0.216 e. The van der Waals surface area contributed by atoms with Gasteiger partial charge in [0.15, 0.2) is 5.78 Å². The average molecular weight is 268 g/mol. The normalized spacial score (nSPS) is 13.6. The van der Waals surface area contributed by atoms with Crippen LogP contribution in [0.1, 0.15) is 16.8 Å². The number of aliphatic hydroxyl groups is 1. The number of halogens is 3. The highest BCUT2D eigenvalue weighted by molar-refractivity contribution is 6.68. The van der Waals surface area contributed by atoms with Crippen molar-refractivity contribution in [3.05, 3.63) is 35.9 Å². The molecule has 5 heteroatoms. The Morgan fingerprint density at radius 2 is 1.80 bits per heavy atom. The lowest BCUT2D eigenvalue weighted by Crippen LogP contribution is -2.27. The van der Waals surface area contributed by atoms with E-state index in [1.807, 2.05) is 0 Å². The number of hydrogen-bond acceptors (Lipinski definition) is 2. The number of carbonyl (C=O) groups is 1. The van der Waals surface area contributed by atoms with E-state index in [0.29, 0.717) is 5.56 Å². The lowest BCUT2D eigenvalue weighted by molar-refractivity contribution is 0.0885. The minimum atomic E-state index is -1.83. The fourth-order valence-electron chi connectivity index (χ4n) is 1.03. The summed E-state index contributed by atoms with van der Waals surface area (Å²) >= 11 is 16.3. The predicted molar refractivity (Wildman–Crippen MR) is 61.7 cm³/mol. The molecule has 0 spiro atoms. The fourth-order valence-corrected chi connectivity index (χ4v) is 1.26. The minimum Gasteiger partial charge on any atom is -0.388 e. The van der Waals surface area contributed by atoms with Crippen LogP contribution < -0.4 is 0 Å². The molecule has 0 amide bonds. The molecule has 0 radical (unpaired) electrons. The van der Waals surface area contributed by atoms with Crippen LogP contribution in [-0.2, 0) is 0 Å². The summed E-state index contributed by atoms with van der Waals surface area (Å²) in [7, 11) is 0. The summed E-state index contributed by atoms with van der Waals surface area (Å²) in [5, 5.41) is 9.40. The van der Waals surface area contributed by atoms with Crippen LogP contribution in [0.5, 0.6) is 0 Å². The van der Waals surface area contributed by atoms with Crippen LogP contribution >= 0.6 is 34.8 Å². The molecule has 2 nitrogen and oxygen atoms in total. The Labute approximate surface area is 103 Å². The van der Waals surface area contributed by atoms with Crippen molar-refractivity contribution in [2.24, 2.45) is 0 Å². The van der Waals surface area contributed by atoms with Gasteiger partial charge in [0, 0.05) is 12.0 Å². The molecule has 0 aliphatic carbocycles. The van der Waals surface area contributed by atoms with E-state index in [-0.39, 0.29) is 12.2 Å². The first-order valence-corrected chi connectivity index (χ1v) is 5.37. The van der Waals surface area contributed by atoms with Gasteiger partial charge in [0.1, 0.15) is 6.10 Å². The van der Waals surface area contributed by atoms with Gasteiger partial charge in [0.25, 0.3) is 0 Å². The van der Waals surface area contributed by atoms with Crippen molar-refractivity contribution in [3.8, 4) is 0 Å². The Morgan fingerprint density at radius 1 is 1.27 bits per heavy atom. The lowest BCUT2D eigenvalue weighted by Gasteiger charge is -2.17. The zero-order chi connectivity index (χ0) is 11.5. The highest BCUT2D eigenvalue weighted by atomic mass is 35.6. The van der Waals surface area contributed by atoms with E-state index in [2.05, 4.69) is 0 Å². The topological polar surface area (TPSA) is 37.3 Å². The third kappa shape index (κ3) is 3.99. The van der Waals surface area contributed by atoms with Crippen molar-refractivity contribution in [2.75, 3.05) is 0 Å². The molecule has 0 bridgehead atoms. The monoisotopic (exact) mass is 266 g/mol. The van der Waals surface area contributed by atoms with Crippen molar-refractivity contribution in [3.63, 3.8) is 0 Å². The molecule has 0 aliphatic rings. The molecule has 1 rings (SSSR count). The maximum absolute atomic E-state index is 11.6. The molecule has 1 aromatic rings. The number of Topliss-reactive ketones (excluding diaryl/α,β-unsaturated/α-hetero) is 1. The number of carbonyl (C=O) groups excluding carboxylic acids is 1. The molecule has 1 atom stereocenters. The molecule has 15 heavy (non-hydrogen) atoms. The van der Waals surface area contributed by atoms with E-state index in [1.54, 1.807) is 30.3 Å². The van der Waals surface area contributed by atoms with Gasteiger partial charge >= 0.3 is 0 Å². The number of hydrogen-bond donors (Lipinski definition) is 1. The summed E-state index contributed by atoms with van der Waals surface area (Å²) in [6, 6.07) is 8.55. The van der Waals surface area contributed by atoms with Crippen molar-refractivity contribution < 1.29 is 9.90 Å². The van der Waals surface area contributed by atoms with Gasteiger partial charge in [-0.3, -0.25) is 4.79 Å². The average Bonchev–Trinajstić information content (AvgIpc) is 2.17. The molecule has 1 aromatic carbocycles. The molecule has 1 N–H and O–H groups in total. The van der Waals surface area contributed by atoms with Gasteiger partial charge in [0.05, 0.1) is 0 Å². The van der Waals surface area contributed by atoms with Crippen LogP contribution in [-0.4, -0.2) is 20.8 Å². The van der Waals surface area contributed by atoms with Crippen LogP contribution in [0.2, 0.25) is 0 Å². The van der Waals surface area contributed by atoms with Gasteiger partial charge < -0.3 is 5.11 Å². The second-order valence-electron chi connectivity index (χ2n) is 3.05. The summed E-state index contributed by atoms with van der Waals surface area (Å²) < 4.78 is -1.83. The molecular weight excluding hydrogens is 258 g/mol. The molecule has 82 valence electrons. The van der Waals surface area contributed by atoms with Crippen LogP contribution in [0.3, 0.4) is 0 Å². The highest BCUT2D eigenvalue weighted by Crippen LogP contribution is 2.32. The van der Waals surface area contributed by atoms with E-state index >= 15 is 0 Å². The zero-order valence-corrected chi connectivity index (χ0v) is 9.93. The zero-order valence-electron chi connectivity index (χ0n) is 7.66. The largest absolute Gasteiger partial charge is 0.388 e. The van der Waals surface area contributed by atoms with E-state index < -0.39 is 9.90 Å². The van der Waals surface area contributed by atoms with Gasteiger partial charge in [-0.25, -0.2) is 0 Å². The Bertz CT molecular complexity index is 332. The number of benzene rings is 1. The highest BCUT2D eigenvalue weighted by Gasteiger charge is 2.32. The van der Waals surface area contributed by atoms with E-state index in [9.17, 15) is 9.90 Å². The molecule has 0 aliphatic heterocycles. The van der Waals surface area contributed by atoms with Crippen LogP contribution in [0.4, 0.5) is 0 Å². The summed E-state index contributed by atoms with van der Waals surface area (Å²) in [6.07, 6.45) is -1.50. The molecule has 0 saturated carbocycles. The van der Waals surface area contributed by atoms with Gasteiger partial charge in [-0.1, -0.05) is 65.1 Å². The second-order valence-corrected chi connectivity index (χ2v) is 5.42. The third-order valence-electron chi connectivity index (χ3n) is 1.85. The number of aliphatic hydroxyl groups excluding tert-OH is 1. The Morgan fingerprint density at radius 3 is 2.27 bits per heavy atom. The van der Waals surface area contributed by atoms with Crippen molar-refractivity contribution >= 4 is 40.6 Å². The standard InChI is InChI=1S/C10H9Cl3O2/c11-10(12,13)9(15)6-8(14)7-4-2-1-3-5-7/h1-5,9,15H,6H2/t9-/m1/s1. The SMILES string of the molecule is O=C(C[C@@H](O)C(Cl)(Cl)Cl)c1ccccc1. The number of alkyl halides is 3. The van der Waals surface area contributed by atoms with Crippen molar-refractivity contribution in [1.82, 2.24) is 0 Å². The minimum absolute atomic E-state index is 0.208. The van der Waals surface area contributed by atoms with E-state index in [4.69, 9.17) is 34.8 Å². The van der Waals surface area contributed by atoms with Gasteiger partial charge in [0.2, 0.25) is 3.79 Å². The van der Waals surface area contributed by atoms with Crippen molar-refractivity contribution in [2.45, 2.75) is 16.3 Å². The summed E-state index contributed by atoms with van der Waals surface area (Å²) in [4.78, 5) is 11.6. The van der Waals surface area contributed by atoms with Gasteiger partial charge in [-0.2, -0.15) is 0 Å². The number of ketones is 1. The molecule has 0 heterocycles. The lowest BCUT2D eigenvalue weighted by atomic mass is 10.1. The Kier molecular flexibility index (Phi) is 4.41. The van der Waals surface area contributed by atoms with E-state index in [0.717, 1.165) is 0 Å². The molecular formula is C10H9Cl3O2. The first-order valence-electron chi connectivity index (χ1n) is 4.24. The first-order chi connectivity index (χ1) is 6.91. The summed E-state index contributed by atoms with van der Waals surface area (Å²) in [6.45, 7) is 0. The molecule has 0 unspecified atom stereocenters. The Balaban J connectivity index is 2.65. The summed E-state index contributed by atoms with van der Waals surface area (Å²) in [5.74, 6) is -0.255. The van der Waals surface area contributed by atoms with Crippen molar-refractivity contribution in [1.29, 1.82) is 0 Å². The van der Waals surface area contributed by atoms with Crippen LogP contribution in [0.15, 0.2) is 30.3 Å². The van der Waals surface area contributed by atoms with Crippen LogP contribution in [0, 0.1) is 0 Å². The summed E-state index contributed by atoms with van der Waals surface area (Å²) in [5.41, 5.74) is 0.491. The van der Waals surface area contributed by atoms with Gasteiger partial charge in [-0.05, 0) is 0 Å². The molecule has 0 fully saturated rings. The van der Waals surface area contributed by atoms with E-state index in [1.165, 1.54) is 0 Å². The quantitative estimate of drug-likeness (QED) is 0.675. The third-order valence-corrected chi connectivity index (χ3v) is 2.61. The Hall–Kier alpha value is -0.280. The predicted octanol–water partition coefficient (Wildman–Crippen LogP) is 2.99. The molecule has 0 aromatic heterocycles. The van der Waals surface area contributed by atoms with Gasteiger partial charge in [-0.15, -0.1) is 0 Å². The number of rotatable bonds is 3. The fraction of sp³-hybridized carbons (Fsp3) is 0.300. The molecule has 0 saturated heterocycles. The first kappa shape index (κ1) is 12.8. The smallest absolute Gasteiger partial charge is 0.216 e. The maximum atomic E-state index is 11.6.